The number of thioether (sulfide) groups is 1. The second-order valence-electron chi connectivity index (χ2n) is 9.72. The summed E-state index contributed by atoms with van der Waals surface area (Å²) in [5.74, 6) is -0.335. The van der Waals surface area contributed by atoms with Crippen molar-refractivity contribution in [3.63, 3.8) is 0 Å². The van der Waals surface area contributed by atoms with E-state index in [9.17, 15) is 23.6 Å². The first-order valence-corrected chi connectivity index (χ1v) is 14.4. The van der Waals surface area contributed by atoms with E-state index in [0.717, 1.165) is 17.3 Å². The Labute approximate surface area is 246 Å². The van der Waals surface area contributed by atoms with E-state index in [1.54, 1.807) is 47.9 Å². The van der Waals surface area contributed by atoms with Crippen molar-refractivity contribution in [2.75, 3.05) is 36.0 Å². The number of aromatic nitrogens is 1. The summed E-state index contributed by atoms with van der Waals surface area (Å²) in [4.78, 5) is 32.7. The van der Waals surface area contributed by atoms with E-state index >= 15 is 0 Å². The lowest BCUT2D eigenvalue weighted by molar-refractivity contribution is -0.122. The van der Waals surface area contributed by atoms with E-state index < -0.39 is 0 Å². The Balaban J connectivity index is 1.51. The van der Waals surface area contributed by atoms with Crippen LogP contribution in [0.25, 0.3) is 6.08 Å². The molecule has 2 aliphatic heterocycles. The van der Waals surface area contributed by atoms with Gasteiger partial charge in [-0.15, -0.1) is 0 Å². The normalized spacial score (nSPS) is 16.6. The third-order valence-corrected chi connectivity index (χ3v) is 8.72. The molecule has 7 nitrogen and oxygen atoms in total. The minimum atomic E-state index is -0.389. The highest BCUT2D eigenvalue weighted by Gasteiger charge is 2.34. The second kappa shape index (κ2) is 11.8. The van der Waals surface area contributed by atoms with Crippen LogP contribution in [0.4, 0.5) is 20.3 Å². The quantitative estimate of drug-likeness (QED) is 0.293. The molecule has 0 aliphatic carbocycles. The highest BCUT2D eigenvalue weighted by molar-refractivity contribution is 8.26. The Morgan fingerprint density at radius 1 is 1.02 bits per heavy atom. The molecule has 11 heteroatoms. The second-order valence-corrected chi connectivity index (χ2v) is 11.4. The van der Waals surface area contributed by atoms with Crippen LogP contribution in [-0.2, 0) is 17.9 Å². The van der Waals surface area contributed by atoms with Gasteiger partial charge in [-0.05, 0) is 55.3 Å². The van der Waals surface area contributed by atoms with Crippen molar-refractivity contribution in [1.82, 2.24) is 9.47 Å². The van der Waals surface area contributed by atoms with Crippen LogP contribution in [-0.4, -0.2) is 45.9 Å². The standard InChI is InChI=1S/C30H27F2N5O2S2/c1-3-36-27(35-14-12-34(13-15-35)25-7-5-4-6-24(25)32)22(19(2)23(17-33)28(36)38)16-26-29(39)37(30(40)41-26)18-20-8-10-21(31)11-9-20/h4-11,16H,3,12-15,18H2,1-2H3. The number of halogens is 2. The van der Waals surface area contributed by atoms with E-state index in [4.69, 9.17) is 12.2 Å². The number of rotatable bonds is 6. The van der Waals surface area contributed by atoms with Crippen molar-refractivity contribution in [2.45, 2.75) is 26.9 Å². The van der Waals surface area contributed by atoms with Gasteiger partial charge in [-0.2, -0.15) is 5.26 Å². The number of pyridine rings is 1. The molecule has 2 aromatic carbocycles. The first-order valence-electron chi connectivity index (χ1n) is 13.1. The van der Waals surface area contributed by atoms with Gasteiger partial charge in [0.25, 0.3) is 11.5 Å². The average Bonchev–Trinajstić information content (AvgIpc) is 3.23. The van der Waals surface area contributed by atoms with Crippen LogP contribution in [0.1, 0.15) is 29.2 Å². The number of thiocarbonyl (C=S) groups is 1. The number of hydrogen-bond acceptors (Lipinski definition) is 7. The Kier molecular flexibility index (Phi) is 8.24. The lowest BCUT2D eigenvalue weighted by Crippen LogP contribution is -2.49. The third-order valence-electron chi connectivity index (χ3n) is 7.34. The highest BCUT2D eigenvalue weighted by atomic mass is 32.2. The maximum absolute atomic E-state index is 14.4. The predicted molar refractivity (Wildman–Crippen MR) is 162 cm³/mol. The molecule has 2 aliphatic rings. The molecule has 41 heavy (non-hydrogen) atoms. The molecule has 2 saturated heterocycles. The van der Waals surface area contributed by atoms with E-state index in [-0.39, 0.29) is 35.2 Å². The third kappa shape index (κ3) is 5.49. The first-order chi connectivity index (χ1) is 19.7. The number of carbonyl (C=O) groups excluding carboxylic acids is 1. The van der Waals surface area contributed by atoms with Gasteiger partial charge in [-0.25, -0.2) is 8.78 Å². The number of benzene rings is 2. The molecule has 0 radical (unpaired) electrons. The van der Waals surface area contributed by atoms with E-state index in [2.05, 4.69) is 4.90 Å². The maximum Gasteiger partial charge on any atom is 0.270 e. The fraction of sp³-hybridized carbons (Fsp3) is 0.267. The molecule has 1 aromatic heterocycles. The summed E-state index contributed by atoms with van der Waals surface area (Å²) in [6.45, 7) is 6.13. The average molecular weight is 592 g/mol. The molecule has 0 saturated carbocycles. The molecule has 210 valence electrons. The molecule has 0 spiro atoms. The van der Waals surface area contributed by atoms with Crippen molar-refractivity contribution in [1.29, 1.82) is 5.26 Å². The van der Waals surface area contributed by atoms with Gasteiger partial charge in [-0.1, -0.05) is 48.2 Å². The number of nitriles is 1. The maximum atomic E-state index is 14.4. The van der Waals surface area contributed by atoms with Crippen LogP contribution in [0, 0.1) is 29.9 Å². The smallest absolute Gasteiger partial charge is 0.270 e. The van der Waals surface area contributed by atoms with Gasteiger partial charge in [-0.3, -0.25) is 19.1 Å². The minimum Gasteiger partial charge on any atom is -0.366 e. The number of para-hydroxylation sites is 1. The molecule has 0 N–H and O–H groups in total. The summed E-state index contributed by atoms with van der Waals surface area (Å²) in [6, 6.07) is 14.6. The zero-order valence-corrected chi connectivity index (χ0v) is 24.2. The van der Waals surface area contributed by atoms with Gasteiger partial charge < -0.3 is 9.80 Å². The fourth-order valence-electron chi connectivity index (χ4n) is 5.19. The van der Waals surface area contributed by atoms with Gasteiger partial charge in [0.1, 0.15) is 33.4 Å². The molecular formula is C30H27F2N5O2S2. The van der Waals surface area contributed by atoms with Crippen LogP contribution >= 0.6 is 24.0 Å². The summed E-state index contributed by atoms with van der Waals surface area (Å²) in [5, 5.41) is 9.84. The fourth-order valence-corrected chi connectivity index (χ4v) is 6.42. The number of carbonyl (C=O) groups is 1. The molecular weight excluding hydrogens is 564 g/mol. The Morgan fingerprint density at radius 2 is 1.68 bits per heavy atom. The Hall–Kier alpha value is -4.01. The van der Waals surface area contributed by atoms with Crippen LogP contribution in [0.15, 0.2) is 58.2 Å². The molecule has 1 amide bonds. The van der Waals surface area contributed by atoms with E-state index in [0.29, 0.717) is 64.6 Å². The zero-order valence-electron chi connectivity index (χ0n) is 22.6. The van der Waals surface area contributed by atoms with Crippen LogP contribution in [0.3, 0.4) is 0 Å². The molecule has 5 rings (SSSR count). The lowest BCUT2D eigenvalue weighted by Gasteiger charge is -2.39. The molecule has 0 bridgehead atoms. The van der Waals surface area contributed by atoms with Crippen molar-refractivity contribution < 1.29 is 13.6 Å². The van der Waals surface area contributed by atoms with Crippen molar-refractivity contribution >= 4 is 51.8 Å². The molecule has 3 heterocycles. The van der Waals surface area contributed by atoms with Crippen molar-refractivity contribution in [3.05, 3.63) is 97.7 Å². The number of anilines is 2. The summed E-state index contributed by atoms with van der Waals surface area (Å²) >= 11 is 6.66. The minimum absolute atomic E-state index is 0.0219. The summed E-state index contributed by atoms with van der Waals surface area (Å²) in [7, 11) is 0. The van der Waals surface area contributed by atoms with Crippen molar-refractivity contribution in [3.8, 4) is 6.07 Å². The van der Waals surface area contributed by atoms with E-state index in [1.807, 2.05) is 17.9 Å². The summed E-state index contributed by atoms with van der Waals surface area (Å²) in [5.41, 5.74) is 1.98. The largest absolute Gasteiger partial charge is 0.366 e. The Morgan fingerprint density at radius 3 is 2.32 bits per heavy atom. The van der Waals surface area contributed by atoms with Crippen molar-refractivity contribution in [2.24, 2.45) is 0 Å². The lowest BCUT2D eigenvalue weighted by atomic mass is 10.0. The van der Waals surface area contributed by atoms with Gasteiger partial charge in [0.15, 0.2) is 0 Å². The van der Waals surface area contributed by atoms with Gasteiger partial charge in [0.05, 0.1) is 17.1 Å². The number of nitrogens with zero attached hydrogens (tertiary/aromatic N) is 5. The van der Waals surface area contributed by atoms with Gasteiger partial charge in [0, 0.05) is 38.3 Å². The highest BCUT2D eigenvalue weighted by Crippen LogP contribution is 2.37. The predicted octanol–water partition coefficient (Wildman–Crippen LogP) is 5.05. The monoisotopic (exact) mass is 591 g/mol. The zero-order chi connectivity index (χ0) is 29.3. The number of hydrogen-bond donors (Lipinski definition) is 0. The van der Waals surface area contributed by atoms with Gasteiger partial charge in [0.2, 0.25) is 0 Å². The summed E-state index contributed by atoms with van der Waals surface area (Å²) in [6.07, 6.45) is 1.71. The Bertz CT molecular complexity index is 1660. The SMILES string of the molecule is CCn1c(N2CCN(c3ccccc3F)CC2)c(C=C2SC(=S)N(Cc3ccc(F)cc3)C2=O)c(C)c(C#N)c1=O. The molecule has 2 fully saturated rings. The van der Waals surface area contributed by atoms with Crippen LogP contribution in [0.5, 0.6) is 0 Å². The number of amides is 1. The van der Waals surface area contributed by atoms with Crippen LogP contribution in [0.2, 0.25) is 0 Å². The van der Waals surface area contributed by atoms with Crippen LogP contribution < -0.4 is 15.4 Å². The van der Waals surface area contributed by atoms with Gasteiger partial charge >= 0.3 is 0 Å². The molecule has 3 aromatic rings. The first kappa shape index (κ1) is 28.5. The number of piperazine rings is 1. The molecule has 0 unspecified atom stereocenters. The topological polar surface area (TPSA) is 72.6 Å². The molecule has 0 atom stereocenters. The van der Waals surface area contributed by atoms with E-state index in [1.165, 1.54) is 23.1 Å². The summed E-state index contributed by atoms with van der Waals surface area (Å²) < 4.78 is 29.8.